The van der Waals surface area contributed by atoms with Crippen molar-refractivity contribution in [2.24, 2.45) is 14.1 Å². The molecular weight excluding hydrogens is 494 g/mol. The number of nitrogens with zero attached hydrogens (tertiary/aromatic N) is 6. The molecule has 0 bridgehead atoms. The lowest BCUT2D eigenvalue weighted by Gasteiger charge is -2.19. The number of ether oxygens (including phenoxy) is 1. The fourth-order valence-electron chi connectivity index (χ4n) is 4.15. The molecular formula is C26H24F2N8O2. The Morgan fingerprint density at radius 3 is 2.53 bits per heavy atom. The SMILES string of the molecule is COc1ccc([C@H](NC(=O)c2cc(F)c3cnc(Nc4cc(C)nn4C)nc3c2)c2cnn(C)c2)cc1F. The lowest BCUT2D eigenvalue weighted by atomic mass is 10.0. The third-order valence-electron chi connectivity index (χ3n) is 6.00. The van der Waals surface area contributed by atoms with Crippen molar-refractivity contribution in [1.29, 1.82) is 0 Å². The first kappa shape index (κ1) is 24.8. The van der Waals surface area contributed by atoms with Gasteiger partial charge in [0, 0.05) is 43.7 Å². The summed E-state index contributed by atoms with van der Waals surface area (Å²) in [5.74, 6) is -0.853. The number of hydrogen-bond donors (Lipinski definition) is 2. The van der Waals surface area contributed by atoms with Crippen LogP contribution in [0, 0.1) is 18.6 Å². The molecule has 1 amide bonds. The van der Waals surface area contributed by atoms with Gasteiger partial charge in [-0.25, -0.2) is 18.7 Å². The highest BCUT2D eigenvalue weighted by molar-refractivity contribution is 5.98. The largest absolute Gasteiger partial charge is 0.494 e. The van der Waals surface area contributed by atoms with Gasteiger partial charge < -0.3 is 15.4 Å². The predicted octanol–water partition coefficient (Wildman–Crippen LogP) is 3.96. The predicted molar refractivity (Wildman–Crippen MR) is 136 cm³/mol. The molecule has 0 radical (unpaired) electrons. The van der Waals surface area contributed by atoms with E-state index in [1.165, 1.54) is 31.5 Å². The Hall–Kier alpha value is -4.87. The monoisotopic (exact) mass is 518 g/mol. The maximum Gasteiger partial charge on any atom is 0.252 e. The number of anilines is 2. The molecule has 2 aromatic carbocycles. The lowest BCUT2D eigenvalue weighted by molar-refractivity contribution is 0.0942. The second kappa shape index (κ2) is 9.88. The van der Waals surface area contributed by atoms with Gasteiger partial charge in [-0.2, -0.15) is 10.2 Å². The summed E-state index contributed by atoms with van der Waals surface area (Å²) >= 11 is 0. The summed E-state index contributed by atoms with van der Waals surface area (Å²) in [6.45, 7) is 1.85. The van der Waals surface area contributed by atoms with Gasteiger partial charge in [-0.1, -0.05) is 6.07 Å². The zero-order chi connectivity index (χ0) is 27.0. The number of hydrogen-bond acceptors (Lipinski definition) is 7. The number of carbonyl (C=O) groups is 1. The van der Waals surface area contributed by atoms with Crippen LogP contribution in [0.25, 0.3) is 10.9 Å². The molecule has 3 aromatic heterocycles. The van der Waals surface area contributed by atoms with Gasteiger partial charge in [-0.05, 0) is 36.8 Å². The van der Waals surface area contributed by atoms with E-state index in [1.54, 1.807) is 41.9 Å². The Morgan fingerprint density at radius 2 is 1.87 bits per heavy atom. The number of aryl methyl sites for hydroxylation is 3. The number of nitrogens with one attached hydrogen (secondary N) is 2. The second-order valence-corrected chi connectivity index (χ2v) is 8.75. The topological polar surface area (TPSA) is 112 Å². The molecule has 12 heteroatoms. The molecule has 0 saturated carbocycles. The molecule has 0 saturated heterocycles. The quantitative estimate of drug-likeness (QED) is 0.336. The first-order valence-corrected chi connectivity index (χ1v) is 11.6. The molecule has 0 fully saturated rings. The minimum Gasteiger partial charge on any atom is -0.494 e. The van der Waals surface area contributed by atoms with Crippen molar-refractivity contribution in [3.8, 4) is 5.75 Å². The summed E-state index contributed by atoms with van der Waals surface area (Å²) in [7, 11) is 4.87. The molecule has 5 aromatic rings. The smallest absolute Gasteiger partial charge is 0.252 e. The molecule has 0 unspecified atom stereocenters. The van der Waals surface area contributed by atoms with Crippen LogP contribution in [0.2, 0.25) is 0 Å². The Bertz CT molecular complexity index is 1660. The van der Waals surface area contributed by atoms with Crippen molar-refractivity contribution < 1.29 is 18.3 Å². The van der Waals surface area contributed by atoms with E-state index in [0.29, 0.717) is 16.9 Å². The van der Waals surface area contributed by atoms with Crippen LogP contribution in [0.1, 0.15) is 33.2 Å². The van der Waals surface area contributed by atoms with Crippen LogP contribution in [0.15, 0.2) is 55.0 Å². The number of halogens is 2. The number of carbonyl (C=O) groups excluding carboxylic acids is 1. The van der Waals surface area contributed by atoms with E-state index < -0.39 is 23.6 Å². The number of methoxy groups -OCH3 is 1. The van der Waals surface area contributed by atoms with Gasteiger partial charge in [-0.3, -0.25) is 14.2 Å². The van der Waals surface area contributed by atoms with Crippen LogP contribution in [0.5, 0.6) is 5.75 Å². The molecule has 38 heavy (non-hydrogen) atoms. The number of rotatable bonds is 7. The highest BCUT2D eigenvalue weighted by atomic mass is 19.1. The molecule has 0 aliphatic carbocycles. The van der Waals surface area contributed by atoms with E-state index in [4.69, 9.17) is 4.74 Å². The van der Waals surface area contributed by atoms with Gasteiger partial charge in [-0.15, -0.1) is 0 Å². The van der Waals surface area contributed by atoms with Gasteiger partial charge in [0.2, 0.25) is 5.95 Å². The van der Waals surface area contributed by atoms with Crippen molar-refractivity contribution in [2.75, 3.05) is 12.4 Å². The summed E-state index contributed by atoms with van der Waals surface area (Å²) in [5, 5.41) is 14.5. The molecule has 194 valence electrons. The molecule has 5 rings (SSSR count). The summed E-state index contributed by atoms with van der Waals surface area (Å²) < 4.78 is 37.7. The maximum atomic E-state index is 15.0. The average molecular weight is 519 g/mol. The van der Waals surface area contributed by atoms with Crippen LogP contribution in [0.3, 0.4) is 0 Å². The lowest BCUT2D eigenvalue weighted by Crippen LogP contribution is -2.29. The first-order chi connectivity index (χ1) is 18.2. The van der Waals surface area contributed by atoms with Gasteiger partial charge >= 0.3 is 0 Å². The molecule has 0 aliphatic rings. The molecule has 0 aliphatic heterocycles. The van der Waals surface area contributed by atoms with Crippen LogP contribution in [0.4, 0.5) is 20.5 Å². The van der Waals surface area contributed by atoms with E-state index in [1.807, 2.05) is 13.0 Å². The maximum absolute atomic E-state index is 15.0. The van der Waals surface area contributed by atoms with Crippen molar-refractivity contribution >= 4 is 28.6 Å². The highest BCUT2D eigenvalue weighted by Gasteiger charge is 2.22. The van der Waals surface area contributed by atoms with E-state index in [-0.39, 0.29) is 28.2 Å². The number of amides is 1. The number of benzene rings is 2. The molecule has 3 heterocycles. The van der Waals surface area contributed by atoms with E-state index in [0.717, 1.165) is 11.8 Å². The molecule has 0 spiro atoms. The van der Waals surface area contributed by atoms with Gasteiger partial charge in [0.1, 0.15) is 11.6 Å². The van der Waals surface area contributed by atoms with Crippen molar-refractivity contribution in [3.63, 3.8) is 0 Å². The summed E-state index contributed by atoms with van der Waals surface area (Å²) in [6.07, 6.45) is 4.63. The zero-order valence-corrected chi connectivity index (χ0v) is 21.0. The zero-order valence-electron chi connectivity index (χ0n) is 21.0. The van der Waals surface area contributed by atoms with Gasteiger partial charge in [0.25, 0.3) is 5.91 Å². The van der Waals surface area contributed by atoms with Gasteiger partial charge in [0.15, 0.2) is 11.6 Å². The Morgan fingerprint density at radius 1 is 1.05 bits per heavy atom. The Labute approximate surface area is 216 Å². The minimum absolute atomic E-state index is 0.0406. The number of aromatic nitrogens is 6. The fraction of sp³-hybridized carbons (Fsp3) is 0.192. The fourth-order valence-corrected chi connectivity index (χ4v) is 4.15. The Kier molecular flexibility index (Phi) is 6.45. The number of fused-ring (bicyclic) bond motifs is 1. The Balaban J connectivity index is 1.48. The first-order valence-electron chi connectivity index (χ1n) is 11.6. The third kappa shape index (κ3) is 4.88. The van der Waals surface area contributed by atoms with E-state index >= 15 is 0 Å². The van der Waals surface area contributed by atoms with Crippen LogP contribution in [-0.4, -0.2) is 42.5 Å². The standard InChI is InChI=1S/C26H24F2N8O2/c1-14-7-23(36(3)34-14)32-26-29-12-18-19(27)9-16(10-21(18)31-26)25(37)33-24(17-11-30-35(2)13-17)15-5-6-22(38-4)20(28)8-15/h5-13,24H,1-4H3,(H,33,37)(H,29,31,32)/t24-/m0/s1. The molecule has 10 nitrogen and oxygen atoms in total. The summed E-state index contributed by atoms with van der Waals surface area (Å²) in [5.41, 5.74) is 2.16. The van der Waals surface area contributed by atoms with Crippen molar-refractivity contribution in [1.82, 2.24) is 34.8 Å². The second-order valence-electron chi connectivity index (χ2n) is 8.75. The van der Waals surface area contributed by atoms with Crippen LogP contribution < -0.4 is 15.4 Å². The van der Waals surface area contributed by atoms with Crippen LogP contribution in [-0.2, 0) is 14.1 Å². The molecule has 2 N–H and O–H groups in total. The van der Waals surface area contributed by atoms with Crippen molar-refractivity contribution in [3.05, 3.63) is 89.0 Å². The van der Waals surface area contributed by atoms with Gasteiger partial charge in [0.05, 0.1) is 35.9 Å². The van der Waals surface area contributed by atoms with E-state index in [9.17, 15) is 13.6 Å². The average Bonchev–Trinajstić information content (AvgIpc) is 3.45. The molecule has 1 atom stereocenters. The summed E-state index contributed by atoms with van der Waals surface area (Å²) in [6, 6.07) is 8.06. The van der Waals surface area contributed by atoms with Crippen LogP contribution >= 0.6 is 0 Å². The minimum atomic E-state index is -0.758. The highest BCUT2D eigenvalue weighted by Crippen LogP contribution is 2.27. The van der Waals surface area contributed by atoms with Crippen molar-refractivity contribution in [2.45, 2.75) is 13.0 Å². The summed E-state index contributed by atoms with van der Waals surface area (Å²) in [4.78, 5) is 21.9. The normalized spacial score (nSPS) is 11.9. The van der Waals surface area contributed by atoms with E-state index in [2.05, 4.69) is 30.8 Å². The third-order valence-corrected chi connectivity index (χ3v) is 6.00.